The predicted octanol–water partition coefficient (Wildman–Crippen LogP) is 2.65. The Morgan fingerprint density at radius 1 is 1.32 bits per heavy atom. The van der Waals surface area contributed by atoms with Crippen molar-refractivity contribution < 1.29 is 9.53 Å². The molecule has 128 valence electrons. The highest BCUT2D eigenvalue weighted by molar-refractivity contribution is 14.0. The second-order valence-corrected chi connectivity index (χ2v) is 6.58. The molecule has 5 nitrogen and oxygen atoms in total. The molecular weight excluding hydrogens is 393 g/mol. The van der Waals surface area contributed by atoms with E-state index < -0.39 is 0 Å². The lowest BCUT2D eigenvalue weighted by Crippen LogP contribution is -2.43. The van der Waals surface area contributed by atoms with Gasteiger partial charge in [0, 0.05) is 26.7 Å². The minimum absolute atomic E-state index is 0. The summed E-state index contributed by atoms with van der Waals surface area (Å²) >= 11 is 0. The molecule has 22 heavy (non-hydrogen) atoms. The van der Waals surface area contributed by atoms with Crippen molar-refractivity contribution in [3.05, 3.63) is 0 Å². The van der Waals surface area contributed by atoms with Crippen LogP contribution in [0.25, 0.3) is 0 Å². The molecule has 6 heteroatoms. The molecule has 1 aliphatic carbocycles. The van der Waals surface area contributed by atoms with Crippen LogP contribution in [-0.2, 0) is 9.53 Å². The van der Waals surface area contributed by atoms with Crippen molar-refractivity contribution in [1.82, 2.24) is 10.2 Å². The number of rotatable bonds is 3. The van der Waals surface area contributed by atoms with Gasteiger partial charge in [0.05, 0.1) is 13.0 Å². The van der Waals surface area contributed by atoms with Crippen LogP contribution < -0.4 is 5.32 Å². The molecule has 0 aromatic rings. The summed E-state index contributed by atoms with van der Waals surface area (Å²) in [7, 11) is 3.25. The summed E-state index contributed by atoms with van der Waals surface area (Å²) in [5.41, 5.74) is 0.518. The Kier molecular flexibility index (Phi) is 7.93. The molecule has 1 unspecified atom stereocenters. The Labute approximate surface area is 151 Å². The predicted molar refractivity (Wildman–Crippen MR) is 99.7 cm³/mol. The monoisotopic (exact) mass is 423 g/mol. The molecule has 0 amide bonds. The van der Waals surface area contributed by atoms with Gasteiger partial charge >= 0.3 is 5.97 Å². The van der Waals surface area contributed by atoms with Crippen LogP contribution in [-0.4, -0.2) is 50.6 Å². The summed E-state index contributed by atoms with van der Waals surface area (Å²) in [5.74, 6) is 0.592. The first kappa shape index (κ1) is 19.5. The van der Waals surface area contributed by atoms with E-state index >= 15 is 0 Å². The largest absolute Gasteiger partial charge is 0.469 e. The van der Waals surface area contributed by atoms with Crippen LogP contribution in [0.2, 0.25) is 0 Å². The Morgan fingerprint density at radius 3 is 2.59 bits per heavy atom. The summed E-state index contributed by atoms with van der Waals surface area (Å²) in [6.07, 6.45) is 8.14. The summed E-state index contributed by atoms with van der Waals surface area (Å²) in [6, 6.07) is 0. The van der Waals surface area contributed by atoms with Crippen molar-refractivity contribution in [1.29, 1.82) is 0 Å². The Hall–Kier alpha value is -0.530. The van der Waals surface area contributed by atoms with E-state index in [4.69, 9.17) is 4.74 Å². The molecule has 1 atom stereocenters. The van der Waals surface area contributed by atoms with Crippen molar-refractivity contribution >= 4 is 35.9 Å². The van der Waals surface area contributed by atoms with Crippen LogP contribution >= 0.6 is 24.0 Å². The maximum absolute atomic E-state index is 11.5. The van der Waals surface area contributed by atoms with Gasteiger partial charge in [0.1, 0.15) is 0 Å². The number of guanidine groups is 1. The molecule has 1 saturated carbocycles. The lowest BCUT2D eigenvalue weighted by molar-refractivity contribution is -0.144. The van der Waals surface area contributed by atoms with Crippen molar-refractivity contribution in [2.75, 3.05) is 33.8 Å². The maximum atomic E-state index is 11.5. The van der Waals surface area contributed by atoms with Gasteiger partial charge in [-0.2, -0.15) is 0 Å². The number of hydrogen-bond acceptors (Lipinski definition) is 3. The van der Waals surface area contributed by atoms with Gasteiger partial charge in [0.15, 0.2) is 5.96 Å². The van der Waals surface area contributed by atoms with E-state index in [1.165, 1.54) is 45.6 Å². The first-order valence-electron chi connectivity index (χ1n) is 8.14. The topological polar surface area (TPSA) is 53.9 Å². The fourth-order valence-electron chi connectivity index (χ4n) is 3.69. The first-order chi connectivity index (χ1) is 10.1. The first-order valence-corrected chi connectivity index (χ1v) is 8.14. The van der Waals surface area contributed by atoms with Crippen molar-refractivity contribution in [2.45, 2.75) is 45.4 Å². The number of carbonyl (C=O) groups is 1. The standard InChI is InChI=1S/C16H29N3O2.HI/c1-13(14(20)21-3)11-18-15(17-2)19-10-9-16(12-19)7-5-4-6-8-16;/h13H,4-12H2,1-3H3,(H,17,18);1H. The molecule has 0 aromatic heterocycles. The van der Waals surface area contributed by atoms with Crippen LogP contribution in [0, 0.1) is 11.3 Å². The van der Waals surface area contributed by atoms with Gasteiger partial charge in [-0.3, -0.25) is 9.79 Å². The highest BCUT2D eigenvalue weighted by atomic mass is 127. The lowest BCUT2D eigenvalue weighted by atomic mass is 9.73. The molecule has 2 rings (SSSR count). The third kappa shape index (κ3) is 4.73. The number of nitrogens with one attached hydrogen (secondary N) is 1. The second kappa shape index (κ2) is 8.93. The number of likely N-dealkylation sites (tertiary alicyclic amines) is 1. The highest BCUT2D eigenvalue weighted by Gasteiger charge is 2.39. The van der Waals surface area contributed by atoms with Gasteiger partial charge in [-0.15, -0.1) is 24.0 Å². The molecule has 1 saturated heterocycles. The average molecular weight is 423 g/mol. The van der Waals surface area contributed by atoms with E-state index in [9.17, 15) is 4.79 Å². The molecule has 0 bridgehead atoms. The van der Waals surface area contributed by atoms with E-state index in [0.29, 0.717) is 12.0 Å². The third-order valence-electron chi connectivity index (χ3n) is 5.03. The number of ether oxygens (including phenoxy) is 1. The molecule has 1 aliphatic heterocycles. The fraction of sp³-hybridized carbons (Fsp3) is 0.875. The Bertz CT molecular complexity index is 395. The number of aliphatic imine (C=N–C) groups is 1. The van der Waals surface area contributed by atoms with Crippen molar-refractivity contribution in [3.8, 4) is 0 Å². The molecular formula is C16H30IN3O2. The van der Waals surface area contributed by atoms with E-state index in [2.05, 4.69) is 15.2 Å². The number of carbonyl (C=O) groups excluding carboxylic acids is 1. The van der Waals surface area contributed by atoms with E-state index in [-0.39, 0.29) is 35.9 Å². The third-order valence-corrected chi connectivity index (χ3v) is 5.03. The van der Waals surface area contributed by atoms with Gasteiger partial charge in [-0.05, 0) is 24.7 Å². The molecule has 2 fully saturated rings. The maximum Gasteiger partial charge on any atom is 0.310 e. The fourth-order valence-corrected chi connectivity index (χ4v) is 3.69. The molecule has 1 heterocycles. The van der Waals surface area contributed by atoms with Gasteiger partial charge in [0.25, 0.3) is 0 Å². The molecule has 0 aromatic carbocycles. The number of hydrogen-bond donors (Lipinski definition) is 1. The lowest BCUT2D eigenvalue weighted by Gasteiger charge is -2.33. The molecule has 0 radical (unpaired) electrons. The van der Waals surface area contributed by atoms with Gasteiger partial charge < -0.3 is 15.0 Å². The number of halogens is 1. The Morgan fingerprint density at radius 2 is 2.00 bits per heavy atom. The molecule has 2 aliphatic rings. The van der Waals surface area contributed by atoms with Crippen LogP contribution in [0.15, 0.2) is 4.99 Å². The van der Waals surface area contributed by atoms with E-state index in [1.807, 2.05) is 14.0 Å². The zero-order valence-electron chi connectivity index (χ0n) is 14.1. The van der Waals surface area contributed by atoms with E-state index in [0.717, 1.165) is 19.0 Å². The normalized spacial score (nSPS) is 22.1. The molecule has 1 spiro atoms. The van der Waals surface area contributed by atoms with Gasteiger partial charge in [-0.1, -0.05) is 26.2 Å². The van der Waals surface area contributed by atoms with Crippen LogP contribution in [0.3, 0.4) is 0 Å². The summed E-state index contributed by atoms with van der Waals surface area (Å²) in [4.78, 5) is 18.2. The quantitative estimate of drug-likeness (QED) is 0.328. The number of nitrogens with zero attached hydrogens (tertiary/aromatic N) is 2. The van der Waals surface area contributed by atoms with Crippen molar-refractivity contribution in [3.63, 3.8) is 0 Å². The summed E-state index contributed by atoms with van der Waals surface area (Å²) in [5, 5.41) is 3.32. The summed E-state index contributed by atoms with van der Waals surface area (Å²) < 4.78 is 4.76. The minimum atomic E-state index is -0.178. The Balaban J connectivity index is 0.00000242. The van der Waals surface area contributed by atoms with E-state index in [1.54, 1.807) is 0 Å². The number of esters is 1. The van der Waals surface area contributed by atoms with Crippen LogP contribution in [0.1, 0.15) is 45.4 Å². The van der Waals surface area contributed by atoms with Gasteiger partial charge in [-0.25, -0.2) is 0 Å². The summed E-state index contributed by atoms with van der Waals surface area (Å²) in [6.45, 7) is 4.63. The molecule has 1 N–H and O–H groups in total. The van der Waals surface area contributed by atoms with Crippen LogP contribution in [0.4, 0.5) is 0 Å². The van der Waals surface area contributed by atoms with Crippen LogP contribution in [0.5, 0.6) is 0 Å². The SMILES string of the molecule is CN=C(NCC(C)C(=O)OC)N1CCC2(CCCCC2)C1.I. The van der Waals surface area contributed by atoms with Gasteiger partial charge in [0.2, 0.25) is 0 Å². The zero-order chi connectivity index (χ0) is 15.3. The average Bonchev–Trinajstić information content (AvgIpc) is 2.91. The minimum Gasteiger partial charge on any atom is -0.469 e. The smallest absolute Gasteiger partial charge is 0.310 e. The zero-order valence-corrected chi connectivity index (χ0v) is 16.4. The second-order valence-electron chi connectivity index (χ2n) is 6.58. The van der Waals surface area contributed by atoms with Crippen molar-refractivity contribution in [2.24, 2.45) is 16.3 Å². The number of methoxy groups -OCH3 is 1. The highest BCUT2D eigenvalue weighted by Crippen LogP contribution is 2.43.